The molecule has 1 aromatic heterocycles. The standard InChI is InChI=1S/C12H19N3O3S/c1-8(3-2-4-11(16)17)14-12(18)9-7-19-10(15-9)5-6-13/h7-8H,2-6,13H2,1H3,(H,14,18)(H,16,17). The van der Waals surface area contributed by atoms with Gasteiger partial charge >= 0.3 is 5.97 Å². The summed E-state index contributed by atoms with van der Waals surface area (Å²) in [5.74, 6) is -1.04. The van der Waals surface area contributed by atoms with Gasteiger partial charge in [-0.1, -0.05) is 0 Å². The first-order valence-corrected chi connectivity index (χ1v) is 7.08. The molecule has 1 atom stereocenters. The molecule has 0 spiro atoms. The summed E-state index contributed by atoms with van der Waals surface area (Å²) in [5.41, 5.74) is 5.83. The topological polar surface area (TPSA) is 105 Å². The maximum Gasteiger partial charge on any atom is 0.303 e. The van der Waals surface area contributed by atoms with E-state index in [1.54, 1.807) is 5.38 Å². The van der Waals surface area contributed by atoms with Gasteiger partial charge in [-0.05, 0) is 26.3 Å². The molecular weight excluding hydrogens is 266 g/mol. The lowest BCUT2D eigenvalue weighted by Gasteiger charge is -2.11. The van der Waals surface area contributed by atoms with Gasteiger partial charge in [0, 0.05) is 24.3 Å². The lowest BCUT2D eigenvalue weighted by Crippen LogP contribution is -2.32. The van der Waals surface area contributed by atoms with Crippen LogP contribution in [0.4, 0.5) is 0 Å². The minimum atomic E-state index is -0.815. The second-order valence-electron chi connectivity index (χ2n) is 4.33. The van der Waals surface area contributed by atoms with Gasteiger partial charge in [0.2, 0.25) is 0 Å². The molecule has 0 fully saturated rings. The van der Waals surface area contributed by atoms with Gasteiger partial charge in [-0.3, -0.25) is 9.59 Å². The van der Waals surface area contributed by atoms with Crippen LogP contribution in [0.1, 0.15) is 41.7 Å². The van der Waals surface area contributed by atoms with Crippen molar-refractivity contribution in [2.45, 2.75) is 38.6 Å². The number of aromatic nitrogens is 1. The number of nitrogens with one attached hydrogen (secondary N) is 1. The maximum absolute atomic E-state index is 11.9. The van der Waals surface area contributed by atoms with E-state index in [1.807, 2.05) is 6.92 Å². The Morgan fingerprint density at radius 1 is 1.58 bits per heavy atom. The van der Waals surface area contributed by atoms with Crippen LogP contribution in [0.25, 0.3) is 0 Å². The molecule has 1 aromatic rings. The van der Waals surface area contributed by atoms with Crippen LogP contribution in [-0.2, 0) is 11.2 Å². The van der Waals surface area contributed by atoms with E-state index >= 15 is 0 Å². The molecular formula is C12H19N3O3S. The SMILES string of the molecule is CC(CCCC(=O)O)NC(=O)c1csc(CCN)n1. The summed E-state index contributed by atoms with van der Waals surface area (Å²) in [7, 11) is 0. The van der Waals surface area contributed by atoms with Crippen LogP contribution in [0.15, 0.2) is 5.38 Å². The highest BCUT2D eigenvalue weighted by Gasteiger charge is 2.13. The molecule has 6 nitrogen and oxygen atoms in total. The molecule has 7 heteroatoms. The first kappa shape index (κ1) is 15.6. The number of nitrogens with two attached hydrogens (primary N) is 1. The highest BCUT2D eigenvalue weighted by Crippen LogP contribution is 2.10. The number of hydrogen-bond donors (Lipinski definition) is 3. The average Bonchev–Trinajstić information content (AvgIpc) is 2.77. The Morgan fingerprint density at radius 2 is 2.32 bits per heavy atom. The van der Waals surface area contributed by atoms with Crippen LogP contribution in [-0.4, -0.2) is 34.6 Å². The Hall–Kier alpha value is -1.47. The molecule has 0 aliphatic heterocycles. The third-order valence-corrected chi connectivity index (χ3v) is 3.46. The zero-order valence-electron chi connectivity index (χ0n) is 10.9. The summed E-state index contributed by atoms with van der Waals surface area (Å²) < 4.78 is 0. The van der Waals surface area contributed by atoms with Gasteiger partial charge in [0.1, 0.15) is 5.69 Å². The van der Waals surface area contributed by atoms with Crippen molar-refractivity contribution in [3.63, 3.8) is 0 Å². The number of amides is 1. The summed E-state index contributed by atoms with van der Waals surface area (Å²) in [6, 6.07) is -0.0634. The van der Waals surface area contributed by atoms with Crippen molar-refractivity contribution in [2.75, 3.05) is 6.54 Å². The van der Waals surface area contributed by atoms with E-state index in [2.05, 4.69) is 10.3 Å². The Balaban J connectivity index is 2.38. The molecule has 0 saturated carbocycles. The van der Waals surface area contributed by atoms with Crippen molar-refractivity contribution >= 4 is 23.2 Å². The monoisotopic (exact) mass is 285 g/mol. The predicted octanol–water partition coefficient (Wildman–Crippen LogP) is 1.02. The number of aliphatic carboxylic acids is 1. The van der Waals surface area contributed by atoms with Crippen molar-refractivity contribution < 1.29 is 14.7 Å². The van der Waals surface area contributed by atoms with Crippen LogP contribution >= 0.6 is 11.3 Å². The largest absolute Gasteiger partial charge is 0.481 e. The number of hydrogen-bond acceptors (Lipinski definition) is 5. The highest BCUT2D eigenvalue weighted by atomic mass is 32.1. The fourth-order valence-corrected chi connectivity index (χ4v) is 2.38. The fraction of sp³-hybridized carbons (Fsp3) is 0.583. The number of carbonyl (C=O) groups is 2. The summed E-state index contributed by atoms with van der Waals surface area (Å²) in [5, 5.41) is 13.9. The molecule has 0 radical (unpaired) electrons. The lowest BCUT2D eigenvalue weighted by molar-refractivity contribution is -0.137. The van der Waals surface area contributed by atoms with Gasteiger partial charge in [0.25, 0.3) is 5.91 Å². The number of carboxylic acid groups (broad SMARTS) is 1. The highest BCUT2D eigenvalue weighted by molar-refractivity contribution is 7.09. The van der Waals surface area contributed by atoms with Crippen LogP contribution < -0.4 is 11.1 Å². The minimum absolute atomic E-state index is 0.0634. The van der Waals surface area contributed by atoms with Crippen molar-refractivity contribution in [2.24, 2.45) is 5.73 Å². The molecule has 1 rings (SSSR count). The maximum atomic E-state index is 11.9. The summed E-state index contributed by atoms with van der Waals surface area (Å²) >= 11 is 1.42. The molecule has 0 saturated heterocycles. The van der Waals surface area contributed by atoms with Crippen LogP contribution in [0.3, 0.4) is 0 Å². The Bertz CT molecular complexity index is 434. The molecule has 1 amide bonds. The molecule has 0 aliphatic rings. The third kappa shape index (κ3) is 5.80. The summed E-state index contributed by atoms with van der Waals surface area (Å²) in [4.78, 5) is 26.4. The molecule has 19 heavy (non-hydrogen) atoms. The Morgan fingerprint density at radius 3 is 2.95 bits per heavy atom. The molecule has 106 valence electrons. The van der Waals surface area contributed by atoms with Crippen molar-refractivity contribution in [3.05, 3.63) is 16.1 Å². The van der Waals surface area contributed by atoms with Crippen molar-refractivity contribution in [1.82, 2.24) is 10.3 Å². The Kier molecular flexibility index (Phi) is 6.44. The number of carbonyl (C=O) groups excluding carboxylic acids is 1. The molecule has 0 aliphatic carbocycles. The zero-order valence-corrected chi connectivity index (χ0v) is 11.7. The summed E-state index contributed by atoms with van der Waals surface area (Å²) in [6.45, 7) is 2.37. The zero-order chi connectivity index (χ0) is 14.3. The second-order valence-corrected chi connectivity index (χ2v) is 5.27. The fourth-order valence-electron chi connectivity index (χ4n) is 1.58. The van der Waals surface area contributed by atoms with Gasteiger partial charge in [-0.25, -0.2) is 4.98 Å². The van der Waals surface area contributed by atoms with Gasteiger partial charge in [-0.15, -0.1) is 11.3 Å². The van der Waals surface area contributed by atoms with E-state index in [0.29, 0.717) is 31.5 Å². The van der Waals surface area contributed by atoms with Gasteiger partial charge in [0.15, 0.2) is 0 Å². The molecule has 0 bridgehead atoms. The number of carboxylic acids is 1. The van der Waals surface area contributed by atoms with Crippen LogP contribution in [0.5, 0.6) is 0 Å². The van der Waals surface area contributed by atoms with Crippen molar-refractivity contribution in [1.29, 1.82) is 0 Å². The Labute approximate surface area is 116 Å². The average molecular weight is 285 g/mol. The molecule has 0 aromatic carbocycles. The smallest absolute Gasteiger partial charge is 0.303 e. The minimum Gasteiger partial charge on any atom is -0.481 e. The third-order valence-electron chi connectivity index (χ3n) is 2.55. The number of rotatable bonds is 8. The van der Waals surface area contributed by atoms with Gasteiger partial charge < -0.3 is 16.2 Å². The van der Waals surface area contributed by atoms with Crippen LogP contribution in [0.2, 0.25) is 0 Å². The second kappa shape index (κ2) is 7.85. The van der Waals surface area contributed by atoms with Crippen LogP contribution in [0, 0.1) is 0 Å². The predicted molar refractivity (Wildman–Crippen MR) is 73.3 cm³/mol. The molecule has 1 heterocycles. The van der Waals surface area contributed by atoms with Crippen molar-refractivity contribution in [3.8, 4) is 0 Å². The van der Waals surface area contributed by atoms with E-state index in [4.69, 9.17) is 10.8 Å². The molecule has 1 unspecified atom stereocenters. The quantitative estimate of drug-likeness (QED) is 0.661. The van der Waals surface area contributed by atoms with E-state index in [-0.39, 0.29) is 18.4 Å². The first-order valence-electron chi connectivity index (χ1n) is 6.20. The van der Waals surface area contributed by atoms with Gasteiger partial charge in [0.05, 0.1) is 5.01 Å². The van der Waals surface area contributed by atoms with Gasteiger partial charge in [-0.2, -0.15) is 0 Å². The normalized spacial score (nSPS) is 12.1. The van der Waals surface area contributed by atoms with E-state index in [1.165, 1.54) is 11.3 Å². The first-order chi connectivity index (χ1) is 9.02. The lowest BCUT2D eigenvalue weighted by atomic mass is 10.1. The summed E-state index contributed by atoms with van der Waals surface area (Å²) in [6.07, 6.45) is 1.98. The molecule has 4 N–H and O–H groups in total. The number of nitrogens with zero attached hydrogens (tertiary/aromatic N) is 1. The van der Waals surface area contributed by atoms with E-state index in [9.17, 15) is 9.59 Å². The van der Waals surface area contributed by atoms with E-state index in [0.717, 1.165) is 5.01 Å². The number of thiazole rings is 1. The van der Waals surface area contributed by atoms with E-state index < -0.39 is 5.97 Å².